The van der Waals surface area contributed by atoms with Crippen molar-refractivity contribution in [2.75, 3.05) is 26.7 Å². The molecule has 9 heteroatoms. The van der Waals surface area contributed by atoms with Gasteiger partial charge in [0.05, 0.1) is 0 Å². The third-order valence-electron chi connectivity index (χ3n) is 6.50. The predicted molar refractivity (Wildman–Crippen MR) is 127 cm³/mol. The zero-order valence-corrected chi connectivity index (χ0v) is 20.1. The molecule has 1 amide bonds. The normalized spacial score (nSPS) is 22.8. The molecule has 0 spiro atoms. The molecule has 2 aromatic rings. The highest BCUT2D eigenvalue weighted by atomic mass is 32.2. The minimum absolute atomic E-state index is 0.0940. The number of sulfonamides is 1. The van der Waals surface area contributed by atoms with Crippen LogP contribution in [0.25, 0.3) is 0 Å². The Morgan fingerprint density at radius 3 is 2.56 bits per heavy atom. The van der Waals surface area contributed by atoms with Crippen molar-refractivity contribution in [2.24, 2.45) is 5.92 Å². The molecule has 2 aliphatic heterocycles. The number of nitrogens with one attached hydrogen (secondary N) is 2. The second-order valence-electron chi connectivity index (χ2n) is 8.70. The minimum Gasteiger partial charge on any atom is -0.346 e. The molecule has 0 aliphatic carbocycles. The number of hydrogen-bond donors (Lipinski definition) is 2. The van der Waals surface area contributed by atoms with E-state index in [4.69, 9.17) is 0 Å². The second kappa shape index (κ2) is 10.4. The van der Waals surface area contributed by atoms with Gasteiger partial charge in [0.25, 0.3) is 10.0 Å². The Bertz CT molecular complexity index is 974. The zero-order valence-electron chi connectivity index (χ0n) is 18.4. The summed E-state index contributed by atoms with van der Waals surface area (Å²) in [5, 5.41) is 1.77. The lowest BCUT2D eigenvalue weighted by Crippen LogP contribution is -2.43. The van der Waals surface area contributed by atoms with E-state index >= 15 is 0 Å². The van der Waals surface area contributed by atoms with Gasteiger partial charge in [0.2, 0.25) is 5.91 Å². The van der Waals surface area contributed by atoms with Crippen molar-refractivity contribution in [3.05, 3.63) is 53.4 Å². The van der Waals surface area contributed by atoms with Gasteiger partial charge in [0.15, 0.2) is 0 Å². The molecule has 0 radical (unpaired) electrons. The van der Waals surface area contributed by atoms with E-state index in [9.17, 15) is 13.2 Å². The molecule has 174 valence electrons. The molecule has 1 aromatic carbocycles. The minimum atomic E-state index is -3.42. The Morgan fingerprint density at radius 2 is 1.88 bits per heavy atom. The van der Waals surface area contributed by atoms with Gasteiger partial charge < -0.3 is 4.90 Å². The van der Waals surface area contributed by atoms with E-state index in [1.165, 1.54) is 21.2 Å². The number of carbonyl (C=O) groups excluding carboxylic acids is 1. The molecule has 32 heavy (non-hydrogen) atoms. The monoisotopic (exact) mass is 476 g/mol. The van der Waals surface area contributed by atoms with Gasteiger partial charge in [-0.1, -0.05) is 36.4 Å². The lowest BCUT2D eigenvalue weighted by atomic mass is 9.96. The van der Waals surface area contributed by atoms with Crippen LogP contribution in [0.4, 0.5) is 0 Å². The van der Waals surface area contributed by atoms with Gasteiger partial charge in [-0.15, -0.1) is 11.3 Å². The van der Waals surface area contributed by atoms with Crippen molar-refractivity contribution in [3.63, 3.8) is 0 Å². The van der Waals surface area contributed by atoms with Crippen LogP contribution in [0.2, 0.25) is 0 Å². The van der Waals surface area contributed by atoms with Crippen molar-refractivity contribution >= 4 is 27.3 Å². The van der Waals surface area contributed by atoms with Gasteiger partial charge in [-0.3, -0.25) is 15.6 Å². The molecular weight excluding hydrogens is 444 g/mol. The first-order valence-corrected chi connectivity index (χ1v) is 13.6. The van der Waals surface area contributed by atoms with Crippen LogP contribution in [0, 0.1) is 5.92 Å². The van der Waals surface area contributed by atoms with Crippen LogP contribution in [0.15, 0.2) is 52.1 Å². The van der Waals surface area contributed by atoms with Gasteiger partial charge in [-0.05, 0) is 49.1 Å². The van der Waals surface area contributed by atoms with Crippen LogP contribution in [0.3, 0.4) is 0 Å². The average molecular weight is 477 g/mol. The van der Waals surface area contributed by atoms with Crippen LogP contribution < -0.4 is 10.9 Å². The van der Waals surface area contributed by atoms with Crippen molar-refractivity contribution in [1.29, 1.82) is 0 Å². The molecule has 2 saturated heterocycles. The number of nitrogens with zero attached hydrogens (tertiary/aromatic N) is 2. The topological polar surface area (TPSA) is 81.8 Å². The van der Waals surface area contributed by atoms with E-state index in [0.29, 0.717) is 42.2 Å². The second-order valence-corrected chi connectivity index (χ2v) is 11.8. The zero-order chi connectivity index (χ0) is 22.6. The fourth-order valence-electron chi connectivity index (χ4n) is 4.59. The predicted octanol–water partition coefficient (Wildman–Crippen LogP) is 3.00. The Kier molecular flexibility index (Phi) is 7.63. The number of rotatable bonds is 8. The van der Waals surface area contributed by atoms with Crippen molar-refractivity contribution in [2.45, 2.75) is 48.4 Å². The molecule has 0 saturated carbocycles. The van der Waals surface area contributed by atoms with E-state index in [0.717, 1.165) is 25.8 Å². The van der Waals surface area contributed by atoms with Crippen LogP contribution in [0.5, 0.6) is 0 Å². The van der Waals surface area contributed by atoms with Gasteiger partial charge in [0.1, 0.15) is 4.21 Å². The summed E-state index contributed by atoms with van der Waals surface area (Å²) in [7, 11) is -1.56. The number of carbonyl (C=O) groups is 1. The molecule has 2 aliphatic rings. The fourth-order valence-corrected chi connectivity index (χ4v) is 7.21. The van der Waals surface area contributed by atoms with Gasteiger partial charge in [-0.2, -0.15) is 4.31 Å². The molecule has 0 bridgehead atoms. The summed E-state index contributed by atoms with van der Waals surface area (Å²) in [5.41, 5.74) is 8.06. The number of benzene rings is 1. The maximum Gasteiger partial charge on any atom is 0.252 e. The van der Waals surface area contributed by atoms with E-state index < -0.39 is 10.0 Å². The van der Waals surface area contributed by atoms with Crippen molar-refractivity contribution in [3.8, 4) is 0 Å². The Labute approximate surface area is 194 Å². The summed E-state index contributed by atoms with van der Waals surface area (Å²) in [4.78, 5) is 14.7. The summed E-state index contributed by atoms with van der Waals surface area (Å²) in [6.07, 6.45) is 4.15. The number of piperidine rings is 1. The maximum atomic E-state index is 12.9. The molecule has 2 fully saturated rings. The lowest BCUT2D eigenvalue weighted by molar-refractivity contribution is -0.135. The van der Waals surface area contributed by atoms with Gasteiger partial charge in [-0.25, -0.2) is 8.42 Å². The first kappa shape index (κ1) is 23.4. The van der Waals surface area contributed by atoms with Gasteiger partial charge >= 0.3 is 0 Å². The summed E-state index contributed by atoms with van der Waals surface area (Å²) < 4.78 is 27.2. The Hall–Kier alpha value is -1.78. The fraction of sp³-hybridized carbons (Fsp3) is 0.522. The average Bonchev–Trinajstić information content (AvgIpc) is 3.52. The van der Waals surface area contributed by atoms with E-state index in [-0.39, 0.29) is 11.8 Å². The number of hydrogen-bond acceptors (Lipinski definition) is 6. The van der Waals surface area contributed by atoms with Crippen LogP contribution in [-0.4, -0.2) is 56.3 Å². The van der Waals surface area contributed by atoms with E-state index in [1.807, 2.05) is 18.0 Å². The van der Waals surface area contributed by atoms with E-state index in [2.05, 4.69) is 35.1 Å². The Balaban J connectivity index is 1.18. The van der Waals surface area contributed by atoms with Gasteiger partial charge in [0, 0.05) is 44.7 Å². The highest BCUT2D eigenvalue weighted by molar-refractivity contribution is 7.91. The maximum absolute atomic E-state index is 12.9. The quantitative estimate of drug-likeness (QED) is 0.612. The standard InChI is InChI=1S/C23H32N4O3S2/c1-26(13-5-9-20-17-21(25-24-20)18-7-3-2-4-8-18)23(28)19-11-14-27(15-12-19)32(29,30)22-10-6-16-31-22/h2-4,6-8,10,16,19-21,24-25H,5,9,11-15,17H2,1H3. The molecule has 7 nitrogen and oxygen atoms in total. The summed E-state index contributed by atoms with van der Waals surface area (Å²) in [5.74, 6) is 0.0429. The molecule has 2 atom stereocenters. The molecule has 4 rings (SSSR count). The summed E-state index contributed by atoms with van der Waals surface area (Å²) >= 11 is 1.24. The first-order chi connectivity index (χ1) is 15.4. The molecule has 2 N–H and O–H groups in total. The molecular formula is C23H32N4O3S2. The first-order valence-electron chi connectivity index (χ1n) is 11.3. The molecule has 3 heterocycles. The SMILES string of the molecule is CN(CCCC1CC(c2ccccc2)NN1)C(=O)C1CCN(S(=O)(=O)c2cccs2)CC1. The van der Waals surface area contributed by atoms with Crippen LogP contribution in [-0.2, 0) is 14.8 Å². The highest BCUT2D eigenvalue weighted by Crippen LogP contribution is 2.27. The number of hydrazine groups is 1. The summed E-state index contributed by atoms with van der Waals surface area (Å²) in [6.45, 7) is 1.53. The van der Waals surface area contributed by atoms with Crippen LogP contribution in [0.1, 0.15) is 43.7 Å². The van der Waals surface area contributed by atoms with Crippen LogP contribution >= 0.6 is 11.3 Å². The lowest BCUT2D eigenvalue weighted by Gasteiger charge is -2.32. The number of amides is 1. The highest BCUT2D eigenvalue weighted by Gasteiger charge is 2.33. The smallest absolute Gasteiger partial charge is 0.252 e. The van der Waals surface area contributed by atoms with E-state index in [1.54, 1.807) is 17.5 Å². The number of thiophene rings is 1. The molecule has 2 unspecified atom stereocenters. The third-order valence-corrected chi connectivity index (χ3v) is 9.77. The van der Waals surface area contributed by atoms with Crippen molar-refractivity contribution in [1.82, 2.24) is 20.1 Å². The summed E-state index contributed by atoms with van der Waals surface area (Å²) in [6, 6.07) is 14.6. The Morgan fingerprint density at radius 1 is 1.12 bits per heavy atom. The largest absolute Gasteiger partial charge is 0.346 e. The van der Waals surface area contributed by atoms with Crippen molar-refractivity contribution < 1.29 is 13.2 Å². The third kappa shape index (κ3) is 5.40. The molecule has 1 aromatic heterocycles.